The van der Waals surface area contributed by atoms with E-state index in [0.29, 0.717) is 0 Å². The Bertz CT molecular complexity index is 118. The van der Waals surface area contributed by atoms with Gasteiger partial charge in [-0.3, -0.25) is 10.8 Å². The lowest BCUT2D eigenvalue weighted by Gasteiger charge is -2.13. The van der Waals surface area contributed by atoms with Gasteiger partial charge >= 0.3 is 0 Å². The van der Waals surface area contributed by atoms with E-state index in [-0.39, 0.29) is 25.0 Å². The van der Waals surface area contributed by atoms with Gasteiger partial charge in [-0.1, -0.05) is 0 Å². The predicted octanol–water partition coefficient (Wildman–Crippen LogP) is -0.0123. The first-order valence-corrected chi connectivity index (χ1v) is 2.19. The summed E-state index contributed by atoms with van der Waals surface area (Å²) in [5.74, 6) is 0.0301. The lowest BCUT2D eigenvalue weighted by Crippen LogP contribution is -2.27. The highest BCUT2D eigenvalue weighted by molar-refractivity contribution is 5.91. The van der Waals surface area contributed by atoms with Crippen LogP contribution in [0, 0.1) is 10.8 Å². The molecule has 0 aromatic carbocycles. The molecule has 0 aliphatic carbocycles. The lowest BCUT2D eigenvalue weighted by molar-refractivity contribution is 0.163. The van der Waals surface area contributed by atoms with Crippen molar-refractivity contribution in [3.8, 4) is 0 Å². The molecular formula is C4H6N2O2. The maximum atomic E-state index is 6.83. The van der Waals surface area contributed by atoms with E-state index in [2.05, 4.69) is 4.74 Å². The van der Waals surface area contributed by atoms with Crippen molar-refractivity contribution >= 4 is 11.8 Å². The average molecular weight is 114 g/mol. The van der Waals surface area contributed by atoms with Gasteiger partial charge in [-0.15, -0.1) is 0 Å². The quantitative estimate of drug-likeness (QED) is 0.465. The highest BCUT2D eigenvalue weighted by Crippen LogP contribution is 1.92. The van der Waals surface area contributed by atoms with Crippen molar-refractivity contribution in [3.05, 3.63) is 0 Å². The molecule has 0 aromatic rings. The van der Waals surface area contributed by atoms with Gasteiger partial charge < -0.3 is 9.47 Å². The van der Waals surface area contributed by atoms with Crippen molar-refractivity contribution in [1.29, 1.82) is 10.8 Å². The molecule has 8 heavy (non-hydrogen) atoms. The summed E-state index contributed by atoms with van der Waals surface area (Å²) in [7, 11) is 0. The van der Waals surface area contributed by atoms with E-state index in [4.69, 9.17) is 15.6 Å². The molecular weight excluding hydrogens is 108 g/mol. The maximum Gasteiger partial charge on any atom is 0.215 e. The molecule has 1 aliphatic rings. The summed E-state index contributed by atoms with van der Waals surface area (Å²) in [6.07, 6.45) is 0. The number of ether oxygens (including phenoxy) is 2. The second-order valence-corrected chi connectivity index (χ2v) is 1.44. The number of nitrogens with one attached hydrogen (secondary N) is 2. The van der Waals surface area contributed by atoms with Crippen molar-refractivity contribution in [3.63, 3.8) is 0 Å². The standard InChI is InChI=1S/C4H6N2O2/c5-3-1-7-2-4(6)8-3/h5-6H,1-2H2. The zero-order valence-corrected chi connectivity index (χ0v) is 4.23. The van der Waals surface area contributed by atoms with Crippen LogP contribution in [0.1, 0.15) is 0 Å². The second-order valence-electron chi connectivity index (χ2n) is 1.44. The molecule has 0 saturated carbocycles. The van der Waals surface area contributed by atoms with Gasteiger partial charge in [0.05, 0.1) is 0 Å². The summed E-state index contributed by atoms with van der Waals surface area (Å²) >= 11 is 0. The van der Waals surface area contributed by atoms with Crippen LogP contribution >= 0.6 is 0 Å². The van der Waals surface area contributed by atoms with Gasteiger partial charge in [0, 0.05) is 0 Å². The van der Waals surface area contributed by atoms with Crippen molar-refractivity contribution in [1.82, 2.24) is 0 Å². The molecule has 0 unspecified atom stereocenters. The van der Waals surface area contributed by atoms with E-state index in [1.165, 1.54) is 0 Å². The summed E-state index contributed by atoms with van der Waals surface area (Å²) in [6, 6.07) is 0. The molecule has 4 heteroatoms. The van der Waals surface area contributed by atoms with Crippen LogP contribution in [0.5, 0.6) is 0 Å². The van der Waals surface area contributed by atoms with E-state index in [1.54, 1.807) is 0 Å². The van der Waals surface area contributed by atoms with Crippen molar-refractivity contribution < 1.29 is 9.47 Å². The molecule has 4 nitrogen and oxygen atoms in total. The highest BCUT2D eigenvalue weighted by atomic mass is 16.6. The zero-order chi connectivity index (χ0) is 5.98. The van der Waals surface area contributed by atoms with Gasteiger partial charge in [-0.25, -0.2) is 0 Å². The fourth-order valence-electron chi connectivity index (χ4n) is 0.444. The lowest BCUT2D eigenvalue weighted by atomic mass is 10.6. The van der Waals surface area contributed by atoms with Crippen molar-refractivity contribution in [2.45, 2.75) is 0 Å². The van der Waals surface area contributed by atoms with Gasteiger partial charge in [0.1, 0.15) is 13.2 Å². The molecule has 2 N–H and O–H groups in total. The van der Waals surface area contributed by atoms with Gasteiger partial charge in [-0.2, -0.15) is 0 Å². The average Bonchev–Trinajstić information content (AvgIpc) is 1.64. The molecule has 0 amide bonds. The van der Waals surface area contributed by atoms with Gasteiger partial charge in [-0.05, 0) is 0 Å². The largest absolute Gasteiger partial charge is 0.425 e. The summed E-state index contributed by atoms with van der Waals surface area (Å²) < 4.78 is 9.25. The van der Waals surface area contributed by atoms with Gasteiger partial charge in [0.25, 0.3) is 0 Å². The molecule has 1 heterocycles. The van der Waals surface area contributed by atoms with Gasteiger partial charge in [0.2, 0.25) is 11.8 Å². The van der Waals surface area contributed by atoms with Gasteiger partial charge in [0.15, 0.2) is 0 Å². The molecule has 0 radical (unpaired) electrons. The predicted molar refractivity (Wildman–Crippen MR) is 27.4 cm³/mol. The molecule has 1 aliphatic heterocycles. The highest BCUT2D eigenvalue weighted by Gasteiger charge is 2.09. The Kier molecular flexibility index (Phi) is 1.26. The number of hydrogen-bond acceptors (Lipinski definition) is 4. The normalized spacial score (nSPS) is 20.5. The van der Waals surface area contributed by atoms with Crippen molar-refractivity contribution in [2.24, 2.45) is 0 Å². The first-order chi connectivity index (χ1) is 3.79. The second kappa shape index (κ2) is 1.92. The van der Waals surface area contributed by atoms with E-state index < -0.39 is 0 Å². The van der Waals surface area contributed by atoms with Crippen LogP contribution in [0.3, 0.4) is 0 Å². The Labute approximate surface area is 46.4 Å². The van der Waals surface area contributed by atoms with Crippen molar-refractivity contribution in [2.75, 3.05) is 13.2 Å². The fourth-order valence-corrected chi connectivity index (χ4v) is 0.444. The SMILES string of the molecule is N=C1COCC(=N)O1. The molecule has 1 rings (SSSR count). The number of hydrogen-bond donors (Lipinski definition) is 2. The smallest absolute Gasteiger partial charge is 0.215 e. The van der Waals surface area contributed by atoms with E-state index in [1.807, 2.05) is 0 Å². The molecule has 1 fully saturated rings. The zero-order valence-electron chi connectivity index (χ0n) is 4.23. The van der Waals surface area contributed by atoms with Crippen LogP contribution in [0.4, 0.5) is 0 Å². The first kappa shape index (κ1) is 5.24. The summed E-state index contributed by atoms with van der Waals surface area (Å²) in [4.78, 5) is 0. The van der Waals surface area contributed by atoms with Crippen LogP contribution in [-0.2, 0) is 9.47 Å². The Hall–Kier alpha value is -0.900. The molecule has 44 valence electrons. The molecule has 0 spiro atoms. The van der Waals surface area contributed by atoms with E-state index in [9.17, 15) is 0 Å². The minimum absolute atomic E-state index is 0.0150. The Morgan fingerprint density at radius 1 is 1.12 bits per heavy atom. The topological polar surface area (TPSA) is 66.2 Å². The van der Waals surface area contributed by atoms with E-state index in [0.717, 1.165) is 0 Å². The molecule has 0 bridgehead atoms. The summed E-state index contributed by atoms with van der Waals surface area (Å²) in [6.45, 7) is 0.394. The summed E-state index contributed by atoms with van der Waals surface area (Å²) in [5.41, 5.74) is 0. The van der Waals surface area contributed by atoms with Crippen LogP contribution < -0.4 is 0 Å². The molecule has 1 saturated heterocycles. The minimum Gasteiger partial charge on any atom is -0.425 e. The van der Waals surface area contributed by atoms with Crippen LogP contribution in [0.25, 0.3) is 0 Å². The Balaban J connectivity index is 2.45. The molecule has 0 aromatic heterocycles. The molecule has 0 atom stereocenters. The van der Waals surface area contributed by atoms with E-state index >= 15 is 0 Å². The maximum absolute atomic E-state index is 6.83. The third-order valence-electron chi connectivity index (χ3n) is 0.713. The number of rotatable bonds is 0. The fraction of sp³-hybridized carbons (Fsp3) is 0.500. The third-order valence-corrected chi connectivity index (χ3v) is 0.713. The summed E-state index contributed by atoms with van der Waals surface area (Å²) in [5, 5.41) is 13.7. The monoisotopic (exact) mass is 114 g/mol. The Morgan fingerprint density at radius 3 is 1.88 bits per heavy atom. The first-order valence-electron chi connectivity index (χ1n) is 2.19. The van der Waals surface area contributed by atoms with Crippen LogP contribution in [-0.4, -0.2) is 25.0 Å². The minimum atomic E-state index is 0.0150. The third kappa shape index (κ3) is 1.04. The van der Waals surface area contributed by atoms with Crippen LogP contribution in [0.2, 0.25) is 0 Å². The Morgan fingerprint density at radius 2 is 1.62 bits per heavy atom. The van der Waals surface area contributed by atoms with Crippen LogP contribution in [0.15, 0.2) is 0 Å².